The topological polar surface area (TPSA) is 17.1 Å². The van der Waals surface area contributed by atoms with Crippen LogP contribution in [-0.4, -0.2) is 5.78 Å². The number of hydrogen-bond donors (Lipinski definition) is 0. The summed E-state index contributed by atoms with van der Waals surface area (Å²) in [5.74, 6) is 2.67. The van der Waals surface area contributed by atoms with Gasteiger partial charge in [0.15, 0.2) is 5.78 Å². The quantitative estimate of drug-likeness (QED) is 0.628. The van der Waals surface area contributed by atoms with E-state index in [4.69, 9.17) is 0 Å². The number of fused-ring (bicyclic) bond motifs is 1. The third kappa shape index (κ3) is 2.81. The highest BCUT2D eigenvalue weighted by Gasteiger charge is 2.50. The van der Waals surface area contributed by atoms with Crippen LogP contribution in [0.2, 0.25) is 0 Å². The summed E-state index contributed by atoms with van der Waals surface area (Å²) in [4.78, 5) is 13.6. The van der Waals surface area contributed by atoms with Gasteiger partial charge in [-0.05, 0) is 79.2 Å². The monoisotopic (exact) mass is 350 g/mol. The van der Waals surface area contributed by atoms with Crippen molar-refractivity contribution >= 4 is 21.7 Å². The number of halogens is 1. The Morgan fingerprint density at radius 3 is 2.86 bits per heavy atom. The molecular weight excluding hydrogens is 324 g/mol. The van der Waals surface area contributed by atoms with E-state index >= 15 is 0 Å². The van der Waals surface area contributed by atoms with E-state index in [2.05, 4.69) is 34.8 Å². The van der Waals surface area contributed by atoms with Crippen LogP contribution in [0.4, 0.5) is 0 Å². The van der Waals surface area contributed by atoms with Crippen LogP contribution in [-0.2, 0) is 4.79 Å². The van der Waals surface area contributed by atoms with E-state index in [9.17, 15) is 4.79 Å². The van der Waals surface area contributed by atoms with Gasteiger partial charge in [-0.1, -0.05) is 40.9 Å². The predicted molar refractivity (Wildman–Crippen MR) is 91.3 cm³/mol. The molecule has 3 aliphatic rings. The third-order valence-electron chi connectivity index (χ3n) is 6.51. The Hall–Kier alpha value is -0.370. The van der Waals surface area contributed by atoms with E-state index in [0.29, 0.717) is 17.1 Å². The zero-order valence-corrected chi connectivity index (χ0v) is 14.9. The lowest BCUT2D eigenvalue weighted by Crippen LogP contribution is -2.36. The number of hydrogen-bond acceptors (Lipinski definition) is 1. The van der Waals surface area contributed by atoms with Crippen molar-refractivity contribution in [2.75, 3.05) is 0 Å². The Morgan fingerprint density at radius 2 is 2.19 bits per heavy atom. The molecule has 3 rings (SSSR count). The van der Waals surface area contributed by atoms with E-state index < -0.39 is 0 Å². The first-order chi connectivity index (χ1) is 10.0. The summed E-state index contributed by atoms with van der Waals surface area (Å²) in [6.45, 7) is 4.96. The van der Waals surface area contributed by atoms with E-state index in [0.717, 1.165) is 31.1 Å². The summed E-state index contributed by atoms with van der Waals surface area (Å²) in [6, 6.07) is 0. The summed E-state index contributed by atoms with van der Waals surface area (Å²) in [6.07, 6.45) is 11.6. The number of carbonyl (C=O) groups is 1. The largest absolute Gasteiger partial charge is 0.295 e. The van der Waals surface area contributed by atoms with Gasteiger partial charge < -0.3 is 0 Å². The summed E-state index contributed by atoms with van der Waals surface area (Å²) in [5.41, 5.74) is 3.54. The second-order valence-corrected chi connectivity index (χ2v) is 8.19. The van der Waals surface area contributed by atoms with Gasteiger partial charge in [0.25, 0.3) is 0 Å². The van der Waals surface area contributed by atoms with Crippen molar-refractivity contribution in [3.8, 4) is 0 Å². The molecule has 0 aliphatic heterocycles. The fourth-order valence-electron chi connectivity index (χ4n) is 5.52. The molecule has 2 fully saturated rings. The first kappa shape index (κ1) is 15.5. The molecule has 116 valence electrons. The third-order valence-corrected chi connectivity index (χ3v) is 7.09. The number of allylic oxidation sites excluding steroid dienone is 3. The van der Waals surface area contributed by atoms with Gasteiger partial charge in [-0.15, -0.1) is 0 Å². The summed E-state index contributed by atoms with van der Waals surface area (Å²) in [5, 5.41) is 0. The van der Waals surface area contributed by atoms with Gasteiger partial charge in [0.1, 0.15) is 0 Å². The minimum Gasteiger partial charge on any atom is -0.295 e. The van der Waals surface area contributed by atoms with Crippen molar-refractivity contribution in [2.45, 2.75) is 65.2 Å². The van der Waals surface area contributed by atoms with Gasteiger partial charge in [-0.25, -0.2) is 0 Å². The Balaban J connectivity index is 1.74. The van der Waals surface area contributed by atoms with Gasteiger partial charge in [0.2, 0.25) is 0 Å². The maximum absolute atomic E-state index is 11.4. The standard InChI is InChI=1S/C19H27BrO/c1-13(10-14-5-6-16(21)11-14)17-7-8-18-15(12-20)4-3-9-19(17,18)2/h11-13,17-18H,3-10H2,1-2H3/t13-,17-,18?,19-/m1/s1. The van der Waals surface area contributed by atoms with Crippen LogP contribution < -0.4 is 0 Å². The average Bonchev–Trinajstić information content (AvgIpc) is 3.01. The van der Waals surface area contributed by atoms with E-state index in [-0.39, 0.29) is 0 Å². The molecular formula is C19H27BrO. The van der Waals surface area contributed by atoms with Crippen LogP contribution in [0.25, 0.3) is 0 Å². The molecule has 0 amide bonds. The summed E-state index contributed by atoms with van der Waals surface area (Å²) >= 11 is 3.60. The molecule has 21 heavy (non-hydrogen) atoms. The number of ketones is 1. The second-order valence-electron chi connectivity index (χ2n) is 7.73. The Bertz CT molecular complexity index is 490. The molecule has 0 N–H and O–H groups in total. The molecule has 0 aromatic rings. The van der Waals surface area contributed by atoms with Crippen LogP contribution in [0, 0.1) is 23.2 Å². The molecule has 0 radical (unpaired) electrons. The molecule has 0 saturated heterocycles. The zero-order valence-electron chi connectivity index (χ0n) is 13.3. The lowest BCUT2D eigenvalue weighted by molar-refractivity contribution is -0.114. The van der Waals surface area contributed by atoms with Crippen molar-refractivity contribution in [2.24, 2.45) is 23.2 Å². The lowest BCUT2D eigenvalue weighted by atomic mass is 9.61. The van der Waals surface area contributed by atoms with Crippen LogP contribution in [0.3, 0.4) is 0 Å². The maximum Gasteiger partial charge on any atom is 0.155 e. The lowest BCUT2D eigenvalue weighted by Gasteiger charge is -2.44. The van der Waals surface area contributed by atoms with Crippen molar-refractivity contribution in [1.82, 2.24) is 0 Å². The van der Waals surface area contributed by atoms with Gasteiger partial charge in [0, 0.05) is 6.42 Å². The molecule has 2 saturated carbocycles. The molecule has 0 bridgehead atoms. The molecule has 0 aromatic carbocycles. The molecule has 1 unspecified atom stereocenters. The van der Waals surface area contributed by atoms with E-state index in [1.54, 1.807) is 5.57 Å². The first-order valence-corrected chi connectivity index (χ1v) is 9.47. The van der Waals surface area contributed by atoms with Crippen LogP contribution in [0.1, 0.15) is 65.2 Å². The van der Waals surface area contributed by atoms with Crippen LogP contribution in [0.15, 0.2) is 22.2 Å². The Morgan fingerprint density at radius 1 is 1.38 bits per heavy atom. The van der Waals surface area contributed by atoms with Gasteiger partial charge >= 0.3 is 0 Å². The SMILES string of the molecule is C[C@H](CC1=CC(=O)CC1)[C@H]1CCC2C(=CBr)CCC[C@@]21C. The summed E-state index contributed by atoms with van der Waals surface area (Å²) < 4.78 is 0. The van der Waals surface area contributed by atoms with Crippen LogP contribution >= 0.6 is 15.9 Å². The molecule has 4 atom stereocenters. The van der Waals surface area contributed by atoms with Crippen molar-refractivity contribution < 1.29 is 4.79 Å². The van der Waals surface area contributed by atoms with Crippen molar-refractivity contribution in [1.29, 1.82) is 0 Å². The molecule has 0 aromatic heterocycles. The van der Waals surface area contributed by atoms with E-state index in [1.807, 2.05) is 6.08 Å². The predicted octanol–water partition coefficient (Wildman–Crippen LogP) is 5.80. The smallest absolute Gasteiger partial charge is 0.155 e. The molecule has 3 aliphatic carbocycles. The Labute approximate surface area is 137 Å². The highest BCUT2D eigenvalue weighted by Crippen LogP contribution is 2.60. The molecule has 2 heteroatoms. The van der Waals surface area contributed by atoms with Gasteiger partial charge in [-0.3, -0.25) is 4.79 Å². The maximum atomic E-state index is 11.4. The highest BCUT2D eigenvalue weighted by atomic mass is 79.9. The Kier molecular flexibility index (Phi) is 4.45. The average molecular weight is 351 g/mol. The van der Waals surface area contributed by atoms with E-state index in [1.165, 1.54) is 37.7 Å². The molecule has 0 spiro atoms. The van der Waals surface area contributed by atoms with Gasteiger partial charge in [-0.2, -0.15) is 0 Å². The van der Waals surface area contributed by atoms with Gasteiger partial charge in [0.05, 0.1) is 0 Å². The summed E-state index contributed by atoms with van der Waals surface area (Å²) in [7, 11) is 0. The van der Waals surface area contributed by atoms with Crippen molar-refractivity contribution in [3.63, 3.8) is 0 Å². The van der Waals surface area contributed by atoms with Crippen molar-refractivity contribution in [3.05, 3.63) is 22.2 Å². The first-order valence-electron chi connectivity index (χ1n) is 8.56. The minimum absolute atomic E-state index is 0.342. The minimum atomic E-state index is 0.342. The highest BCUT2D eigenvalue weighted by molar-refractivity contribution is 9.11. The number of carbonyl (C=O) groups excluding carboxylic acids is 1. The zero-order chi connectivity index (χ0) is 15.0. The molecule has 0 heterocycles. The normalized spacial score (nSPS) is 39.5. The second kappa shape index (κ2) is 6.02. The fraction of sp³-hybridized carbons (Fsp3) is 0.737. The fourth-order valence-corrected chi connectivity index (χ4v) is 6.07. The number of rotatable bonds is 3. The van der Waals surface area contributed by atoms with Crippen LogP contribution in [0.5, 0.6) is 0 Å². The molecule has 1 nitrogen and oxygen atoms in total.